The zero-order valence-electron chi connectivity index (χ0n) is 12.7. The molecule has 0 saturated carbocycles. The second-order valence-electron chi connectivity index (χ2n) is 4.89. The molecular formula is C17H20N2O2. The molecule has 0 unspecified atom stereocenters. The van der Waals surface area contributed by atoms with Gasteiger partial charge in [-0.25, -0.2) is 0 Å². The quantitative estimate of drug-likeness (QED) is 0.847. The van der Waals surface area contributed by atoms with Crippen LogP contribution < -0.4 is 9.64 Å². The van der Waals surface area contributed by atoms with Crippen molar-refractivity contribution in [3.8, 4) is 5.75 Å². The van der Waals surface area contributed by atoms with Crippen molar-refractivity contribution in [3.05, 3.63) is 53.9 Å². The summed E-state index contributed by atoms with van der Waals surface area (Å²) in [6.07, 6.45) is 0.729. The van der Waals surface area contributed by atoms with E-state index in [2.05, 4.69) is 4.98 Å². The first-order valence-electron chi connectivity index (χ1n) is 6.95. The van der Waals surface area contributed by atoms with Crippen LogP contribution in [0, 0.1) is 6.92 Å². The molecule has 1 aromatic heterocycles. The van der Waals surface area contributed by atoms with E-state index in [0.717, 1.165) is 29.2 Å². The van der Waals surface area contributed by atoms with Gasteiger partial charge in [0.25, 0.3) is 0 Å². The number of methoxy groups -OCH3 is 1. The summed E-state index contributed by atoms with van der Waals surface area (Å²) < 4.78 is 5.14. The topological polar surface area (TPSA) is 42.4 Å². The van der Waals surface area contributed by atoms with E-state index in [9.17, 15) is 4.79 Å². The number of hydrogen-bond acceptors (Lipinski definition) is 3. The van der Waals surface area contributed by atoms with Crippen LogP contribution >= 0.6 is 0 Å². The minimum atomic E-state index is 0.0211. The number of anilines is 1. The van der Waals surface area contributed by atoms with E-state index in [0.29, 0.717) is 6.54 Å². The van der Waals surface area contributed by atoms with Gasteiger partial charge in [-0.05, 0) is 43.3 Å². The Morgan fingerprint density at radius 3 is 2.48 bits per heavy atom. The molecule has 2 rings (SSSR count). The van der Waals surface area contributed by atoms with E-state index < -0.39 is 0 Å². The predicted octanol–water partition coefficient (Wildman–Crippen LogP) is 2.99. The largest absolute Gasteiger partial charge is 0.497 e. The van der Waals surface area contributed by atoms with Gasteiger partial charge in [0, 0.05) is 37.0 Å². The number of carbonyl (C=O) groups excluding carboxylic acids is 1. The number of carbonyl (C=O) groups is 1. The van der Waals surface area contributed by atoms with Crippen LogP contribution in [0.3, 0.4) is 0 Å². The predicted molar refractivity (Wildman–Crippen MR) is 83.7 cm³/mol. The molecule has 0 saturated heterocycles. The van der Waals surface area contributed by atoms with E-state index >= 15 is 0 Å². The fourth-order valence-corrected chi connectivity index (χ4v) is 2.20. The van der Waals surface area contributed by atoms with Crippen LogP contribution in [0.2, 0.25) is 0 Å². The Bertz CT molecular complexity index is 608. The average Bonchev–Trinajstić information content (AvgIpc) is 2.48. The lowest BCUT2D eigenvalue weighted by Crippen LogP contribution is -2.30. The van der Waals surface area contributed by atoms with Crippen LogP contribution in [0.25, 0.3) is 0 Å². The number of nitrogens with zero attached hydrogens (tertiary/aromatic N) is 2. The molecule has 21 heavy (non-hydrogen) atoms. The van der Waals surface area contributed by atoms with Crippen LogP contribution in [0.4, 0.5) is 5.69 Å². The van der Waals surface area contributed by atoms with E-state index in [1.807, 2.05) is 49.4 Å². The minimum absolute atomic E-state index is 0.0211. The highest BCUT2D eigenvalue weighted by molar-refractivity contribution is 5.91. The smallest absolute Gasteiger partial charge is 0.223 e. The fourth-order valence-electron chi connectivity index (χ4n) is 2.20. The number of amides is 1. The molecule has 2 aromatic rings. The lowest BCUT2D eigenvalue weighted by Gasteiger charge is -2.21. The Kier molecular flexibility index (Phi) is 4.93. The maximum atomic E-state index is 11.9. The second kappa shape index (κ2) is 6.88. The number of rotatable bonds is 5. The number of benzene rings is 1. The SMILES string of the molecule is COc1ccc(N(CCc2cccc(C)n2)C(C)=O)cc1. The van der Waals surface area contributed by atoms with Crippen molar-refractivity contribution < 1.29 is 9.53 Å². The van der Waals surface area contributed by atoms with Gasteiger partial charge in [-0.2, -0.15) is 0 Å². The van der Waals surface area contributed by atoms with E-state index in [-0.39, 0.29) is 5.91 Å². The zero-order chi connectivity index (χ0) is 15.2. The molecule has 0 radical (unpaired) electrons. The van der Waals surface area contributed by atoms with Gasteiger partial charge >= 0.3 is 0 Å². The first-order valence-corrected chi connectivity index (χ1v) is 6.95. The Balaban J connectivity index is 2.10. The van der Waals surface area contributed by atoms with Crippen LogP contribution in [0.15, 0.2) is 42.5 Å². The standard InChI is InChI=1S/C17H20N2O2/c1-13-5-4-6-15(18-13)11-12-19(14(2)20)16-7-9-17(21-3)10-8-16/h4-10H,11-12H2,1-3H3. The van der Waals surface area contributed by atoms with Gasteiger partial charge < -0.3 is 9.64 Å². The van der Waals surface area contributed by atoms with Gasteiger partial charge in [0.15, 0.2) is 0 Å². The Morgan fingerprint density at radius 2 is 1.90 bits per heavy atom. The molecule has 0 spiro atoms. The third-order valence-corrected chi connectivity index (χ3v) is 3.30. The van der Waals surface area contributed by atoms with Crippen molar-refractivity contribution in [2.75, 3.05) is 18.6 Å². The van der Waals surface area contributed by atoms with Gasteiger partial charge in [-0.3, -0.25) is 9.78 Å². The molecule has 110 valence electrons. The second-order valence-corrected chi connectivity index (χ2v) is 4.89. The number of hydrogen-bond donors (Lipinski definition) is 0. The van der Waals surface area contributed by atoms with Gasteiger partial charge in [0.05, 0.1) is 7.11 Å². The molecular weight excluding hydrogens is 264 g/mol. The number of aryl methyl sites for hydroxylation is 1. The summed E-state index contributed by atoms with van der Waals surface area (Å²) in [5, 5.41) is 0. The summed E-state index contributed by atoms with van der Waals surface area (Å²) in [4.78, 5) is 18.1. The van der Waals surface area contributed by atoms with Crippen molar-refractivity contribution in [1.82, 2.24) is 4.98 Å². The molecule has 4 nitrogen and oxygen atoms in total. The molecule has 0 atom stereocenters. The van der Waals surface area contributed by atoms with Crippen molar-refractivity contribution in [2.24, 2.45) is 0 Å². The monoisotopic (exact) mass is 284 g/mol. The first-order chi connectivity index (χ1) is 10.1. The third-order valence-electron chi connectivity index (χ3n) is 3.30. The van der Waals surface area contributed by atoms with Crippen molar-refractivity contribution >= 4 is 11.6 Å². The van der Waals surface area contributed by atoms with Crippen molar-refractivity contribution in [1.29, 1.82) is 0 Å². The van der Waals surface area contributed by atoms with E-state index in [1.54, 1.807) is 18.9 Å². The van der Waals surface area contributed by atoms with Crippen LogP contribution in [0.1, 0.15) is 18.3 Å². The normalized spacial score (nSPS) is 10.2. The molecule has 1 amide bonds. The summed E-state index contributed by atoms with van der Waals surface area (Å²) in [5.74, 6) is 0.801. The van der Waals surface area contributed by atoms with Crippen LogP contribution in [-0.2, 0) is 11.2 Å². The fraction of sp³-hybridized carbons (Fsp3) is 0.294. The molecule has 0 aliphatic carbocycles. The average molecular weight is 284 g/mol. The number of ether oxygens (including phenoxy) is 1. The van der Waals surface area contributed by atoms with Gasteiger partial charge in [-0.1, -0.05) is 6.07 Å². The summed E-state index contributed by atoms with van der Waals surface area (Å²) in [6, 6.07) is 13.4. The summed E-state index contributed by atoms with van der Waals surface area (Å²) in [6.45, 7) is 4.15. The lowest BCUT2D eigenvalue weighted by atomic mass is 10.2. The molecule has 0 N–H and O–H groups in total. The highest BCUT2D eigenvalue weighted by atomic mass is 16.5. The summed E-state index contributed by atoms with van der Waals surface area (Å²) in [5.41, 5.74) is 2.86. The van der Waals surface area contributed by atoms with Gasteiger partial charge in [0.2, 0.25) is 5.91 Å². The molecule has 0 aliphatic rings. The van der Waals surface area contributed by atoms with Gasteiger partial charge in [0.1, 0.15) is 5.75 Å². The minimum Gasteiger partial charge on any atom is -0.497 e. The van der Waals surface area contributed by atoms with E-state index in [1.165, 1.54) is 0 Å². The van der Waals surface area contributed by atoms with Crippen LogP contribution in [-0.4, -0.2) is 24.5 Å². The molecule has 0 aliphatic heterocycles. The van der Waals surface area contributed by atoms with Crippen LogP contribution in [0.5, 0.6) is 5.75 Å². The highest BCUT2D eigenvalue weighted by Crippen LogP contribution is 2.19. The molecule has 0 fully saturated rings. The molecule has 0 bridgehead atoms. The summed E-state index contributed by atoms with van der Waals surface area (Å²) >= 11 is 0. The molecule has 4 heteroatoms. The zero-order valence-corrected chi connectivity index (χ0v) is 12.7. The highest BCUT2D eigenvalue weighted by Gasteiger charge is 2.11. The van der Waals surface area contributed by atoms with Crippen molar-refractivity contribution in [3.63, 3.8) is 0 Å². The van der Waals surface area contributed by atoms with Gasteiger partial charge in [-0.15, -0.1) is 0 Å². The molecule has 1 aromatic carbocycles. The molecule has 1 heterocycles. The first kappa shape index (κ1) is 15.0. The summed E-state index contributed by atoms with van der Waals surface area (Å²) in [7, 11) is 1.63. The van der Waals surface area contributed by atoms with Crippen molar-refractivity contribution in [2.45, 2.75) is 20.3 Å². The maximum Gasteiger partial charge on any atom is 0.223 e. The Labute approximate surface area is 125 Å². The lowest BCUT2D eigenvalue weighted by molar-refractivity contribution is -0.116. The maximum absolute atomic E-state index is 11.9. The Hall–Kier alpha value is -2.36. The third kappa shape index (κ3) is 4.05. The number of aromatic nitrogens is 1. The number of pyridine rings is 1. The Morgan fingerprint density at radius 1 is 1.19 bits per heavy atom. The van der Waals surface area contributed by atoms with E-state index in [4.69, 9.17) is 4.74 Å².